The van der Waals surface area contributed by atoms with Crippen molar-refractivity contribution < 1.29 is 0 Å². The van der Waals surface area contributed by atoms with Crippen molar-refractivity contribution in [2.24, 2.45) is 0 Å². The summed E-state index contributed by atoms with van der Waals surface area (Å²) in [5.74, 6) is 1.89. The first kappa shape index (κ1) is 14.2. The molecule has 0 amide bonds. The van der Waals surface area contributed by atoms with Crippen molar-refractivity contribution >= 4 is 0 Å². The van der Waals surface area contributed by atoms with Crippen molar-refractivity contribution in [2.75, 3.05) is 6.54 Å². The van der Waals surface area contributed by atoms with Gasteiger partial charge in [-0.15, -0.1) is 0 Å². The van der Waals surface area contributed by atoms with E-state index in [1.807, 2.05) is 29.4 Å². The van der Waals surface area contributed by atoms with Gasteiger partial charge in [-0.05, 0) is 33.2 Å². The average Bonchev–Trinajstić information content (AvgIpc) is 3.16. The number of rotatable bonds is 4. The van der Waals surface area contributed by atoms with E-state index in [1.54, 1.807) is 0 Å². The second-order valence-corrected chi connectivity index (χ2v) is 5.86. The first-order valence-corrected chi connectivity index (χ1v) is 7.81. The fourth-order valence-electron chi connectivity index (χ4n) is 3.18. The fraction of sp³-hybridized carbons (Fsp3) is 0.562. The molecule has 3 heterocycles. The summed E-state index contributed by atoms with van der Waals surface area (Å²) in [7, 11) is 0. The average molecular weight is 285 g/mol. The number of aromatic nitrogens is 4. The summed E-state index contributed by atoms with van der Waals surface area (Å²) in [6.07, 6.45) is 10.8. The van der Waals surface area contributed by atoms with Crippen LogP contribution in [0, 0.1) is 0 Å². The lowest BCUT2D eigenvalue weighted by Crippen LogP contribution is -2.30. The minimum atomic E-state index is 0.394. The summed E-state index contributed by atoms with van der Waals surface area (Å²) in [5, 5.41) is 0. The molecule has 0 radical (unpaired) electrons. The maximum Gasteiger partial charge on any atom is 0.156 e. The maximum absolute atomic E-state index is 4.86. The molecule has 1 aliphatic heterocycles. The van der Waals surface area contributed by atoms with E-state index in [4.69, 9.17) is 4.98 Å². The maximum atomic E-state index is 4.86. The van der Waals surface area contributed by atoms with Gasteiger partial charge in [0.05, 0.1) is 24.1 Å². The zero-order valence-corrected chi connectivity index (χ0v) is 13.0. The molecule has 1 atom stereocenters. The molecule has 2 aromatic heterocycles. The molecule has 0 spiro atoms. The predicted octanol–water partition coefficient (Wildman–Crippen LogP) is 2.77. The van der Waals surface area contributed by atoms with Gasteiger partial charge < -0.3 is 0 Å². The Morgan fingerprint density at radius 3 is 2.95 bits per heavy atom. The molecule has 5 heteroatoms. The zero-order valence-electron chi connectivity index (χ0n) is 13.0. The Kier molecular flexibility index (Phi) is 4.01. The van der Waals surface area contributed by atoms with E-state index < -0.39 is 0 Å². The third-order valence-electron chi connectivity index (χ3n) is 4.22. The molecule has 3 rings (SSSR count). The van der Waals surface area contributed by atoms with Crippen LogP contribution in [0.5, 0.6) is 0 Å². The highest BCUT2D eigenvalue weighted by Gasteiger charge is 2.29. The quantitative estimate of drug-likeness (QED) is 0.866. The second-order valence-electron chi connectivity index (χ2n) is 5.86. The Labute approximate surface area is 126 Å². The molecular formula is C16H23N5. The molecule has 1 aliphatic rings. The van der Waals surface area contributed by atoms with Crippen LogP contribution in [-0.2, 0) is 6.42 Å². The van der Waals surface area contributed by atoms with Crippen molar-refractivity contribution in [3.63, 3.8) is 0 Å². The number of nitrogens with zero attached hydrogens (tertiary/aromatic N) is 5. The van der Waals surface area contributed by atoms with Gasteiger partial charge in [0.1, 0.15) is 5.82 Å². The Morgan fingerprint density at radius 2 is 2.19 bits per heavy atom. The van der Waals surface area contributed by atoms with Crippen LogP contribution in [0.15, 0.2) is 24.8 Å². The second kappa shape index (κ2) is 5.93. The summed E-state index contributed by atoms with van der Waals surface area (Å²) in [6.45, 7) is 7.76. The van der Waals surface area contributed by atoms with Gasteiger partial charge in [-0.25, -0.2) is 9.97 Å². The summed E-state index contributed by atoms with van der Waals surface area (Å²) in [6, 6.07) is 0.938. The molecular weight excluding hydrogens is 262 g/mol. The Balaban J connectivity index is 1.93. The van der Waals surface area contributed by atoms with E-state index in [2.05, 4.69) is 35.6 Å². The van der Waals surface area contributed by atoms with E-state index in [0.717, 1.165) is 30.3 Å². The van der Waals surface area contributed by atoms with Crippen molar-refractivity contribution in [2.45, 2.75) is 52.1 Å². The van der Waals surface area contributed by atoms with Crippen LogP contribution in [-0.4, -0.2) is 37.0 Å². The standard InChI is InChI=1S/C16H23N5/c1-4-15-18-7-9-21(15)16-11-17-10-13(19-16)14-6-5-8-20(14)12(2)3/h7,9-12,14H,4-6,8H2,1-3H3/t14-/m1/s1. The van der Waals surface area contributed by atoms with Gasteiger partial charge >= 0.3 is 0 Å². The van der Waals surface area contributed by atoms with E-state index >= 15 is 0 Å². The molecule has 0 unspecified atom stereocenters. The molecule has 0 N–H and O–H groups in total. The highest BCUT2D eigenvalue weighted by Crippen LogP contribution is 2.32. The van der Waals surface area contributed by atoms with Gasteiger partial charge in [-0.1, -0.05) is 6.92 Å². The van der Waals surface area contributed by atoms with E-state index in [0.29, 0.717) is 12.1 Å². The van der Waals surface area contributed by atoms with Crippen molar-refractivity contribution in [1.82, 2.24) is 24.4 Å². The molecule has 0 aliphatic carbocycles. The smallest absolute Gasteiger partial charge is 0.156 e. The minimum absolute atomic E-state index is 0.394. The fourth-order valence-corrected chi connectivity index (χ4v) is 3.18. The van der Waals surface area contributed by atoms with Crippen LogP contribution < -0.4 is 0 Å². The van der Waals surface area contributed by atoms with Gasteiger partial charge in [-0.3, -0.25) is 14.5 Å². The highest BCUT2D eigenvalue weighted by molar-refractivity contribution is 5.24. The lowest BCUT2D eigenvalue weighted by Gasteiger charge is -2.27. The molecule has 112 valence electrons. The highest BCUT2D eigenvalue weighted by atomic mass is 15.2. The van der Waals surface area contributed by atoms with Crippen LogP contribution in [0.3, 0.4) is 0 Å². The molecule has 0 aromatic carbocycles. The van der Waals surface area contributed by atoms with Crippen LogP contribution in [0.4, 0.5) is 0 Å². The first-order valence-electron chi connectivity index (χ1n) is 7.81. The number of aryl methyl sites for hydroxylation is 1. The van der Waals surface area contributed by atoms with E-state index in [9.17, 15) is 0 Å². The molecule has 5 nitrogen and oxygen atoms in total. The summed E-state index contributed by atoms with van der Waals surface area (Å²) in [4.78, 5) is 16.2. The largest absolute Gasteiger partial charge is 0.292 e. The minimum Gasteiger partial charge on any atom is -0.292 e. The number of hydrogen-bond acceptors (Lipinski definition) is 4. The predicted molar refractivity (Wildman–Crippen MR) is 82.3 cm³/mol. The number of hydrogen-bond donors (Lipinski definition) is 0. The van der Waals surface area contributed by atoms with Gasteiger partial charge in [-0.2, -0.15) is 0 Å². The van der Waals surface area contributed by atoms with E-state index in [-0.39, 0.29) is 0 Å². The number of likely N-dealkylation sites (tertiary alicyclic amines) is 1. The number of imidazole rings is 1. The Hall–Kier alpha value is -1.75. The Bertz CT molecular complexity index is 604. The van der Waals surface area contributed by atoms with Gasteiger partial charge in [0.25, 0.3) is 0 Å². The molecule has 21 heavy (non-hydrogen) atoms. The Morgan fingerprint density at radius 1 is 1.33 bits per heavy atom. The van der Waals surface area contributed by atoms with Crippen LogP contribution in [0.25, 0.3) is 5.82 Å². The van der Waals surface area contributed by atoms with Crippen LogP contribution >= 0.6 is 0 Å². The first-order chi connectivity index (χ1) is 10.2. The lowest BCUT2D eigenvalue weighted by molar-refractivity contribution is 0.202. The van der Waals surface area contributed by atoms with Crippen molar-refractivity contribution in [1.29, 1.82) is 0 Å². The molecule has 1 saturated heterocycles. The van der Waals surface area contributed by atoms with Gasteiger partial charge in [0.15, 0.2) is 5.82 Å². The van der Waals surface area contributed by atoms with E-state index in [1.165, 1.54) is 12.8 Å². The summed E-state index contributed by atoms with van der Waals surface area (Å²) < 4.78 is 2.03. The molecule has 0 bridgehead atoms. The third kappa shape index (κ3) is 2.70. The van der Waals surface area contributed by atoms with Crippen molar-refractivity contribution in [3.8, 4) is 5.82 Å². The SMILES string of the molecule is CCc1nccn1-c1cncc([C@H]2CCCN2C(C)C)n1. The van der Waals surface area contributed by atoms with Crippen LogP contribution in [0.2, 0.25) is 0 Å². The molecule has 0 saturated carbocycles. The normalized spacial score (nSPS) is 19.5. The topological polar surface area (TPSA) is 46.8 Å². The molecule has 1 fully saturated rings. The van der Waals surface area contributed by atoms with Gasteiger partial charge in [0, 0.05) is 24.9 Å². The lowest BCUT2D eigenvalue weighted by atomic mass is 10.1. The monoisotopic (exact) mass is 285 g/mol. The summed E-state index contributed by atoms with van der Waals surface area (Å²) >= 11 is 0. The summed E-state index contributed by atoms with van der Waals surface area (Å²) in [5.41, 5.74) is 1.08. The molecule has 2 aromatic rings. The van der Waals surface area contributed by atoms with Crippen LogP contribution in [0.1, 0.15) is 51.2 Å². The third-order valence-corrected chi connectivity index (χ3v) is 4.22. The van der Waals surface area contributed by atoms with Crippen molar-refractivity contribution in [3.05, 3.63) is 36.3 Å². The van der Waals surface area contributed by atoms with Gasteiger partial charge in [0.2, 0.25) is 0 Å². The zero-order chi connectivity index (χ0) is 14.8.